The van der Waals surface area contributed by atoms with Crippen molar-refractivity contribution in [2.75, 3.05) is 38.1 Å². The third-order valence-corrected chi connectivity index (χ3v) is 3.86. The average molecular weight is 373 g/mol. The highest BCUT2D eigenvalue weighted by molar-refractivity contribution is 5.91. The van der Waals surface area contributed by atoms with E-state index in [1.165, 1.54) is 4.90 Å². The molecule has 9 heteroatoms. The van der Waals surface area contributed by atoms with Gasteiger partial charge in [0.25, 0.3) is 0 Å². The largest absolute Gasteiger partial charge is 0.491 e. The number of carbonyl (C=O) groups is 2. The van der Waals surface area contributed by atoms with Gasteiger partial charge in [-0.1, -0.05) is 19.1 Å². The molecule has 1 aromatic carbocycles. The van der Waals surface area contributed by atoms with E-state index in [-0.39, 0.29) is 32.2 Å². The van der Waals surface area contributed by atoms with Crippen LogP contribution in [0.3, 0.4) is 0 Å². The van der Waals surface area contributed by atoms with E-state index in [0.29, 0.717) is 18.0 Å². The van der Waals surface area contributed by atoms with E-state index in [2.05, 4.69) is 5.32 Å². The molecule has 0 bridgehead atoms. The van der Waals surface area contributed by atoms with Gasteiger partial charge in [0.1, 0.15) is 12.2 Å². The summed E-state index contributed by atoms with van der Waals surface area (Å²) in [6.45, 7) is 3.00. The number of hydrogen-bond donors (Lipinski definition) is 1. The number of piperazine rings is 1. The molecule has 1 fully saturated rings. The number of halogens is 3. The van der Waals surface area contributed by atoms with E-state index >= 15 is 0 Å². The number of nitrogens with one attached hydrogen (secondary N) is 1. The number of anilines is 1. The molecular formula is C17H22F3N3O3. The highest BCUT2D eigenvalue weighted by Gasteiger charge is 2.34. The SMILES string of the molecule is CCCOc1ccccc1NC(=O)N1CCN(C(=O)CC(F)(F)F)CC1. The van der Waals surface area contributed by atoms with Crippen molar-refractivity contribution in [3.63, 3.8) is 0 Å². The van der Waals surface area contributed by atoms with E-state index in [4.69, 9.17) is 4.74 Å². The summed E-state index contributed by atoms with van der Waals surface area (Å²) < 4.78 is 42.5. The standard InChI is InChI=1S/C17H22F3N3O3/c1-2-11-26-14-6-4-3-5-13(14)21-16(25)23-9-7-22(8-10-23)15(24)12-17(18,19)20/h3-6H,2,7-12H2,1H3,(H,21,25). The number of alkyl halides is 3. The summed E-state index contributed by atoms with van der Waals surface area (Å²) in [7, 11) is 0. The van der Waals surface area contributed by atoms with Crippen LogP contribution in [0.15, 0.2) is 24.3 Å². The monoisotopic (exact) mass is 373 g/mol. The molecule has 26 heavy (non-hydrogen) atoms. The molecular weight excluding hydrogens is 351 g/mol. The van der Waals surface area contributed by atoms with E-state index in [0.717, 1.165) is 11.3 Å². The second kappa shape index (κ2) is 8.77. The summed E-state index contributed by atoms with van der Waals surface area (Å²) in [6, 6.07) is 6.65. The summed E-state index contributed by atoms with van der Waals surface area (Å²) >= 11 is 0. The minimum absolute atomic E-state index is 0.0797. The van der Waals surface area contributed by atoms with E-state index in [1.807, 2.05) is 6.92 Å². The zero-order valence-corrected chi connectivity index (χ0v) is 14.5. The Bertz CT molecular complexity index is 629. The lowest BCUT2D eigenvalue weighted by molar-refractivity contribution is -0.162. The molecule has 1 N–H and O–H groups in total. The number of nitrogens with zero attached hydrogens (tertiary/aromatic N) is 2. The van der Waals surface area contributed by atoms with Crippen LogP contribution in [0.25, 0.3) is 0 Å². The Hall–Kier alpha value is -2.45. The minimum atomic E-state index is -4.52. The van der Waals surface area contributed by atoms with Gasteiger partial charge in [0, 0.05) is 26.2 Å². The highest BCUT2D eigenvalue weighted by Crippen LogP contribution is 2.25. The van der Waals surface area contributed by atoms with Gasteiger partial charge >= 0.3 is 12.2 Å². The molecule has 2 rings (SSSR count). The Morgan fingerprint density at radius 1 is 1.12 bits per heavy atom. The molecule has 1 aromatic rings. The predicted molar refractivity (Wildman–Crippen MR) is 90.1 cm³/mol. The van der Waals surface area contributed by atoms with Crippen LogP contribution in [0, 0.1) is 0 Å². The number of amides is 3. The molecule has 0 atom stereocenters. The van der Waals surface area contributed by atoms with Crippen molar-refractivity contribution in [1.82, 2.24) is 9.80 Å². The third kappa shape index (κ3) is 5.82. The first kappa shape index (κ1) is 19.9. The number of hydrogen-bond acceptors (Lipinski definition) is 3. The minimum Gasteiger partial charge on any atom is -0.491 e. The quantitative estimate of drug-likeness (QED) is 0.863. The maximum Gasteiger partial charge on any atom is 0.397 e. The van der Waals surface area contributed by atoms with Gasteiger partial charge in [0.15, 0.2) is 0 Å². The molecule has 0 saturated carbocycles. The van der Waals surface area contributed by atoms with Crippen molar-refractivity contribution < 1.29 is 27.5 Å². The van der Waals surface area contributed by atoms with Gasteiger partial charge in [-0.25, -0.2) is 4.79 Å². The van der Waals surface area contributed by atoms with Crippen LogP contribution in [0.2, 0.25) is 0 Å². The van der Waals surface area contributed by atoms with Gasteiger partial charge in [0.05, 0.1) is 12.3 Å². The number of rotatable bonds is 5. The molecule has 1 saturated heterocycles. The Balaban J connectivity index is 1.88. The Morgan fingerprint density at radius 3 is 2.35 bits per heavy atom. The fourth-order valence-electron chi connectivity index (χ4n) is 2.54. The molecule has 1 aliphatic rings. The van der Waals surface area contributed by atoms with Crippen LogP contribution in [-0.4, -0.2) is 60.7 Å². The Morgan fingerprint density at radius 2 is 1.73 bits per heavy atom. The molecule has 144 valence electrons. The van der Waals surface area contributed by atoms with Gasteiger partial charge < -0.3 is 19.9 Å². The molecule has 1 aliphatic heterocycles. The number of carbonyl (C=O) groups excluding carboxylic acids is 2. The lowest BCUT2D eigenvalue weighted by Gasteiger charge is -2.35. The smallest absolute Gasteiger partial charge is 0.397 e. The van der Waals surface area contributed by atoms with Crippen LogP contribution < -0.4 is 10.1 Å². The normalized spacial score (nSPS) is 14.9. The Labute approximate surface area is 149 Å². The zero-order valence-electron chi connectivity index (χ0n) is 14.5. The van der Waals surface area contributed by atoms with Gasteiger partial charge in [-0.2, -0.15) is 13.2 Å². The second-order valence-electron chi connectivity index (χ2n) is 5.93. The summed E-state index contributed by atoms with van der Waals surface area (Å²) in [4.78, 5) is 26.6. The first-order valence-electron chi connectivity index (χ1n) is 8.42. The van der Waals surface area contributed by atoms with Crippen molar-refractivity contribution in [3.8, 4) is 5.75 Å². The van der Waals surface area contributed by atoms with E-state index in [1.54, 1.807) is 24.3 Å². The molecule has 6 nitrogen and oxygen atoms in total. The van der Waals surface area contributed by atoms with Crippen LogP contribution in [0.1, 0.15) is 19.8 Å². The lowest BCUT2D eigenvalue weighted by Crippen LogP contribution is -2.52. The number of urea groups is 1. The van der Waals surface area contributed by atoms with Gasteiger partial charge in [-0.3, -0.25) is 4.79 Å². The van der Waals surface area contributed by atoms with Crippen LogP contribution in [0.4, 0.5) is 23.7 Å². The molecule has 0 unspecified atom stereocenters. The van der Waals surface area contributed by atoms with Gasteiger partial charge in [-0.05, 0) is 18.6 Å². The fraction of sp³-hybridized carbons (Fsp3) is 0.529. The molecule has 1 heterocycles. The average Bonchev–Trinajstić information content (AvgIpc) is 2.59. The topological polar surface area (TPSA) is 61.9 Å². The van der Waals surface area contributed by atoms with E-state index < -0.39 is 18.5 Å². The van der Waals surface area contributed by atoms with Crippen molar-refractivity contribution in [3.05, 3.63) is 24.3 Å². The number of benzene rings is 1. The maximum absolute atomic E-state index is 12.4. The van der Waals surface area contributed by atoms with Crippen molar-refractivity contribution in [1.29, 1.82) is 0 Å². The van der Waals surface area contributed by atoms with Crippen molar-refractivity contribution >= 4 is 17.6 Å². The molecule has 0 spiro atoms. The number of para-hydroxylation sites is 2. The summed E-state index contributed by atoms with van der Waals surface area (Å²) in [6.07, 6.45) is -5.16. The molecule has 0 radical (unpaired) electrons. The Kier molecular flexibility index (Phi) is 6.70. The first-order valence-corrected chi connectivity index (χ1v) is 8.42. The van der Waals surface area contributed by atoms with Crippen LogP contribution >= 0.6 is 0 Å². The molecule has 3 amide bonds. The molecule has 0 aromatic heterocycles. The maximum atomic E-state index is 12.4. The van der Waals surface area contributed by atoms with Gasteiger partial charge in [0.2, 0.25) is 5.91 Å². The van der Waals surface area contributed by atoms with Gasteiger partial charge in [-0.15, -0.1) is 0 Å². The van der Waals surface area contributed by atoms with E-state index in [9.17, 15) is 22.8 Å². The highest BCUT2D eigenvalue weighted by atomic mass is 19.4. The number of ether oxygens (including phenoxy) is 1. The zero-order chi connectivity index (χ0) is 19.2. The van der Waals surface area contributed by atoms with Crippen LogP contribution in [0.5, 0.6) is 5.75 Å². The van der Waals surface area contributed by atoms with Crippen LogP contribution in [-0.2, 0) is 4.79 Å². The lowest BCUT2D eigenvalue weighted by atomic mass is 10.2. The summed E-state index contributed by atoms with van der Waals surface area (Å²) in [5.41, 5.74) is 0.529. The summed E-state index contributed by atoms with van der Waals surface area (Å²) in [5.74, 6) is -0.405. The second-order valence-corrected chi connectivity index (χ2v) is 5.93. The van der Waals surface area contributed by atoms with Crippen molar-refractivity contribution in [2.24, 2.45) is 0 Å². The third-order valence-electron chi connectivity index (χ3n) is 3.86. The fourth-order valence-corrected chi connectivity index (χ4v) is 2.54. The summed E-state index contributed by atoms with van der Waals surface area (Å²) in [5, 5.41) is 2.75. The first-order chi connectivity index (χ1) is 12.3. The van der Waals surface area contributed by atoms with Crippen molar-refractivity contribution in [2.45, 2.75) is 25.9 Å². The predicted octanol–water partition coefficient (Wildman–Crippen LogP) is 3.10. The molecule has 0 aliphatic carbocycles.